The standard InChI is InChI=1S/C25H25ClN4O/c1-18(13-14-19-8-4-3-5-9-19)27-25(31)24-17-22(23-12-7-15-29(23)2)28-30(24)21-11-6-10-20(26)16-21/h3-12,15-18H,13-14H2,1-2H3,(H,27,31). The summed E-state index contributed by atoms with van der Waals surface area (Å²) in [6.45, 7) is 2.03. The number of carbonyl (C=O) groups is 1. The Morgan fingerprint density at radius 1 is 1.06 bits per heavy atom. The van der Waals surface area contributed by atoms with Crippen LogP contribution >= 0.6 is 11.6 Å². The lowest BCUT2D eigenvalue weighted by Gasteiger charge is -2.15. The van der Waals surface area contributed by atoms with Gasteiger partial charge in [-0.3, -0.25) is 4.79 Å². The Bertz CT molecular complexity index is 1180. The average molecular weight is 433 g/mol. The van der Waals surface area contributed by atoms with Crippen molar-refractivity contribution in [3.8, 4) is 17.1 Å². The van der Waals surface area contributed by atoms with E-state index in [-0.39, 0.29) is 11.9 Å². The number of nitrogens with one attached hydrogen (secondary N) is 1. The van der Waals surface area contributed by atoms with Crippen LogP contribution in [0, 0.1) is 0 Å². The molecule has 1 amide bonds. The van der Waals surface area contributed by atoms with E-state index in [4.69, 9.17) is 16.7 Å². The van der Waals surface area contributed by atoms with Crippen LogP contribution in [0.1, 0.15) is 29.4 Å². The SMILES string of the molecule is CC(CCc1ccccc1)NC(=O)c1cc(-c2cccn2C)nn1-c1cccc(Cl)c1. The molecule has 0 saturated carbocycles. The highest BCUT2D eigenvalue weighted by atomic mass is 35.5. The quantitative estimate of drug-likeness (QED) is 0.431. The zero-order valence-corrected chi connectivity index (χ0v) is 18.4. The Kier molecular flexibility index (Phi) is 6.23. The molecule has 0 radical (unpaired) electrons. The molecule has 2 heterocycles. The van der Waals surface area contributed by atoms with Gasteiger partial charge in [0.05, 0.1) is 11.4 Å². The molecule has 5 nitrogen and oxygen atoms in total. The fourth-order valence-corrected chi connectivity index (χ4v) is 3.78. The smallest absolute Gasteiger partial charge is 0.270 e. The van der Waals surface area contributed by atoms with Gasteiger partial charge in [0.25, 0.3) is 5.91 Å². The van der Waals surface area contributed by atoms with Gasteiger partial charge >= 0.3 is 0 Å². The highest BCUT2D eigenvalue weighted by Crippen LogP contribution is 2.23. The van der Waals surface area contributed by atoms with Crippen molar-refractivity contribution in [3.63, 3.8) is 0 Å². The largest absolute Gasteiger partial charge is 0.349 e. The first-order valence-corrected chi connectivity index (χ1v) is 10.7. The van der Waals surface area contributed by atoms with E-state index in [9.17, 15) is 4.79 Å². The van der Waals surface area contributed by atoms with Crippen molar-refractivity contribution in [1.82, 2.24) is 19.7 Å². The molecule has 0 bridgehead atoms. The minimum absolute atomic E-state index is 0.0221. The van der Waals surface area contributed by atoms with Crippen LogP contribution in [0.4, 0.5) is 0 Å². The maximum absolute atomic E-state index is 13.2. The third-order valence-electron chi connectivity index (χ3n) is 5.29. The summed E-state index contributed by atoms with van der Waals surface area (Å²) in [6, 6.07) is 23.4. The molecule has 1 N–H and O–H groups in total. The molecule has 0 aliphatic carbocycles. The molecule has 31 heavy (non-hydrogen) atoms. The van der Waals surface area contributed by atoms with E-state index in [0.29, 0.717) is 10.7 Å². The number of hydrogen-bond donors (Lipinski definition) is 1. The average Bonchev–Trinajstić information content (AvgIpc) is 3.39. The van der Waals surface area contributed by atoms with Crippen molar-refractivity contribution in [2.75, 3.05) is 0 Å². The van der Waals surface area contributed by atoms with Gasteiger partial charge in [-0.25, -0.2) is 4.68 Å². The van der Waals surface area contributed by atoms with Crippen LogP contribution in [-0.4, -0.2) is 26.3 Å². The minimum atomic E-state index is -0.159. The zero-order valence-electron chi connectivity index (χ0n) is 17.6. The van der Waals surface area contributed by atoms with Crippen molar-refractivity contribution in [2.24, 2.45) is 7.05 Å². The fourth-order valence-electron chi connectivity index (χ4n) is 3.60. The summed E-state index contributed by atoms with van der Waals surface area (Å²) in [7, 11) is 1.96. The first kappa shape index (κ1) is 20.9. The zero-order chi connectivity index (χ0) is 21.8. The summed E-state index contributed by atoms with van der Waals surface area (Å²) >= 11 is 6.20. The topological polar surface area (TPSA) is 51.9 Å². The van der Waals surface area contributed by atoms with E-state index in [1.807, 2.05) is 73.3 Å². The maximum atomic E-state index is 13.2. The molecule has 158 valence electrons. The van der Waals surface area contributed by atoms with Crippen molar-refractivity contribution >= 4 is 17.5 Å². The number of benzene rings is 2. The molecule has 2 aromatic carbocycles. The van der Waals surface area contributed by atoms with Gasteiger partial charge in [0.1, 0.15) is 11.4 Å². The number of aromatic nitrogens is 3. The molecular weight excluding hydrogens is 408 g/mol. The number of halogens is 1. The first-order chi connectivity index (χ1) is 15.0. The van der Waals surface area contributed by atoms with E-state index in [0.717, 1.165) is 29.9 Å². The fraction of sp³-hybridized carbons (Fsp3) is 0.200. The summed E-state index contributed by atoms with van der Waals surface area (Å²) in [4.78, 5) is 13.2. The Balaban J connectivity index is 1.59. The number of amides is 1. The second-order valence-corrected chi connectivity index (χ2v) is 8.15. The van der Waals surface area contributed by atoms with Crippen LogP contribution in [0.5, 0.6) is 0 Å². The van der Waals surface area contributed by atoms with Gasteiger partial charge in [-0.1, -0.05) is 48.0 Å². The van der Waals surface area contributed by atoms with E-state index < -0.39 is 0 Å². The summed E-state index contributed by atoms with van der Waals surface area (Å²) in [5, 5.41) is 8.44. The van der Waals surface area contributed by atoms with Crippen molar-refractivity contribution in [3.05, 3.63) is 95.3 Å². The van der Waals surface area contributed by atoms with E-state index >= 15 is 0 Å². The van der Waals surface area contributed by atoms with Crippen LogP contribution in [0.25, 0.3) is 17.1 Å². The molecule has 6 heteroatoms. The van der Waals surface area contributed by atoms with Crippen molar-refractivity contribution in [1.29, 1.82) is 0 Å². The highest BCUT2D eigenvalue weighted by Gasteiger charge is 2.20. The highest BCUT2D eigenvalue weighted by molar-refractivity contribution is 6.30. The van der Waals surface area contributed by atoms with Crippen LogP contribution in [0.15, 0.2) is 79.0 Å². The Labute approximate surface area is 187 Å². The molecule has 0 fully saturated rings. The van der Waals surface area contributed by atoms with E-state index in [1.165, 1.54) is 5.56 Å². The molecule has 0 saturated heterocycles. The molecule has 2 aromatic heterocycles. The van der Waals surface area contributed by atoms with E-state index in [1.54, 1.807) is 16.8 Å². The van der Waals surface area contributed by atoms with Gasteiger partial charge in [0, 0.05) is 24.3 Å². The predicted molar refractivity (Wildman–Crippen MR) is 125 cm³/mol. The Hall–Kier alpha value is -3.31. The Morgan fingerprint density at radius 2 is 1.87 bits per heavy atom. The van der Waals surface area contributed by atoms with Gasteiger partial charge in [-0.05, 0) is 61.7 Å². The van der Waals surface area contributed by atoms with Gasteiger partial charge < -0.3 is 9.88 Å². The van der Waals surface area contributed by atoms with Crippen molar-refractivity contribution in [2.45, 2.75) is 25.8 Å². The third-order valence-corrected chi connectivity index (χ3v) is 5.52. The molecule has 0 aliphatic heterocycles. The molecule has 0 spiro atoms. The monoisotopic (exact) mass is 432 g/mol. The molecular formula is C25H25ClN4O. The lowest BCUT2D eigenvalue weighted by atomic mass is 10.1. The second kappa shape index (κ2) is 9.23. The molecule has 4 aromatic rings. The predicted octanol–water partition coefficient (Wildman–Crippen LogP) is 5.28. The van der Waals surface area contributed by atoms with Gasteiger partial charge in [0.15, 0.2) is 0 Å². The second-order valence-electron chi connectivity index (χ2n) is 7.71. The minimum Gasteiger partial charge on any atom is -0.349 e. The number of nitrogens with zero attached hydrogens (tertiary/aromatic N) is 3. The number of carbonyl (C=O) groups excluding carboxylic acids is 1. The lowest BCUT2D eigenvalue weighted by molar-refractivity contribution is 0.0930. The molecule has 0 aliphatic rings. The van der Waals surface area contributed by atoms with Gasteiger partial charge in [-0.2, -0.15) is 5.10 Å². The van der Waals surface area contributed by atoms with Crippen LogP contribution in [-0.2, 0) is 13.5 Å². The molecule has 4 rings (SSSR count). The first-order valence-electron chi connectivity index (χ1n) is 10.3. The normalized spacial score (nSPS) is 12.0. The van der Waals surface area contributed by atoms with Crippen LogP contribution < -0.4 is 5.32 Å². The number of aryl methyl sites for hydroxylation is 2. The van der Waals surface area contributed by atoms with Crippen LogP contribution in [0.3, 0.4) is 0 Å². The summed E-state index contributed by atoms with van der Waals surface area (Å²) in [6.07, 6.45) is 3.72. The van der Waals surface area contributed by atoms with E-state index in [2.05, 4.69) is 17.4 Å². The third kappa shape index (κ3) is 4.89. The van der Waals surface area contributed by atoms with Crippen molar-refractivity contribution < 1.29 is 4.79 Å². The molecule has 1 unspecified atom stereocenters. The maximum Gasteiger partial charge on any atom is 0.270 e. The molecule has 1 atom stereocenters. The lowest BCUT2D eigenvalue weighted by Crippen LogP contribution is -2.34. The summed E-state index contributed by atoms with van der Waals surface area (Å²) < 4.78 is 3.64. The van der Waals surface area contributed by atoms with Gasteiger partial charge in [0.2, 0.25) is 0 Å². The number of hydrogen-bond acceptors (Lipinski definition) is 2. The summed E-state index contributed by atoms with van der Waals surface area (Å²) in [5.74, 6) is -0.159. The van der Waals surface area contributed by atoms with Crippen LogP contribution in [0.2, 0.25) is 5.02 Å². The van der Waals surface area contributed by atoms with Gasteiger partial charge in [-0.15, -0.1) is 0 Å². The summed E-state index contributed by atoms with van der Waals surface area (Å²) in [5.41, 5.74) is 4.15. The Morgan fingerprint density at radius 3 is 2.58 bits per heavy atom. The number of rotatable bonds is 7.